The third kappa shape index (κ3) is 4.28. The molecule has 1 N–H and O–H groups in total. The van der Waals surface area contributed by atoms with Gasteiger partial charge in [-0.15, -0.1) is 0 Å². The fraction of sp³-hybridized carbons (Fsp3) is 0.435. The average molecular weight is 419 g/mol. The molecule has 0 spiro atoms. The molecule has 2 aliphatic heterocycles. The number of carbonyl (C=O) groups excluding carboxylic acids is 2. The van der Waals surface area contributed by atoms with Crippen LogP contribution in [0, 0.1) is 5.92 Å². The summed E-state index contributed by atoms with van der Waals surface area (Å²) in [5.74, 6) is 0.422. The normalized spacial score (nSPS) is 21.4. The second-order valence-electron chi connectivity index (χ2n) is 8.39. The summed E-state index contributed by atoms with van der Waals surface area (Å²) in [6.07, 6.45) is 7.72. The Bertz CT molecular complexity index is 983. The SMILES string of the molecule is O=C(NC1CC1)c1ccnc(N2CCC(C(=O)N3N=CC[C@H]3c3ccccc3)CC2)n1. The van der Waals surface area contributed by atoms with Gasteiger partial charge in [0.15, 0.2) is 0 Å². The summed E-state index contributed by atoms with van der Waals surface area (Å²) < 4.78 is 0. The van der Waals surface area contributed by atoms with Crippen molar-refractivity contribution in [3.05, 3.63) is 53.9 Å². The second kappa shape index (κ2) is 8.45. The van der Waals surface area contributed by atoms with Gasteiger partial charge in [0.1, 0.15) is 5.69 Å². The number of nitrogens with one attached hydrogen (secondary N) is 1. The van der Waals surface area contributed by atoms with Gasteiger partial charge in [-0.25, -0.2) is 15.0 Å². The third-order valence-corrected chi connectivity index (χ3v) is 6.16. The van der Waals surface area contributed by atoms with Gasteiger partial charge in [-0.05, 0) is 37.3 Å². The molecule has 1 saturated carbocycles. The molecule has 2 aromatic rings. The summed E-state index contributed by atoms with van der Waals surface area (Å²) in [6, 6.07) is 12.0. The van der Waals surface area contributed by atoms with E-state index in [9.17, 15) is 9.59 Å². The van der Waals surface area contributed by atoms with E-state index < -0.39 is 0 Å². The number of benzene rings is 1. The molecule has 8 nitrogen and oxygen atoms in total. The minimum atomic E-state index is -0.143. The molecule has 2 fully saturated rings. The first kappa shape index (κ1) is 19.7. The number of hydrogen-bond donors (Lipinski definition) is 1. The summed E-state index contributed by atoms with van der Waals surface area (Å²) in [6.45, 7) is 1.36. The van der Waals surface area contributed by atoms with Gasteiger partial charge in [0, 0.05) is 43.9 Å². The van der Waals surface area contributed by atoms with E-state index in [2.05, 4.69) is 25.3 Å². The molecule has 0 unspecified atom stereocenters. The summed E-state index contributed by atoms with van der Waals surface area (Å²) in [5.41, 5.74) is 1.51. The molecule has 3 aliphatic rings. The molecule has 31 heavy (non-hydrogen) atoms. The van der Waals surface area contributed by atoms with Crippen LogP contribution in [0.4, 0.5) is 5.95 Å². The van der Waals surface area contributed by atoms with Crippen LogP contribution in [0.5, 0.6) is 0 Å². The van der Waals surface area contributed by atoms with E-state index >= 15 is 0 Å². The fourth-order valence-electron chi connectivity index (χ4n) is 4.21. The highest BCUT2D eigenvalue weighted by Crippen LogP contribution is 2.32. The van der Waals surface area contributed by atoms with Gasteiger partial charge in [-0.2, -0.15) is 5.10 Å². The van der Waals surface area contributed by atoms with Gasteiger partial charge < -0.3 is 10.2 Å². The third-order valence-electron chi connectivity index (χ3n) is 6.16. The Morgan fingerprint density at radius 3 is 2.52 bits per heavy atom. The Labute approximate surface area is 181 Å². The smallest absolute Gasteiger partial charge is 0.270 e. The molecule has 2 amide bonds. The lowest BCUT2D eigenvalue weighted by molar-refractivity contribution is -0.138. The molecule has 1 saturated heterocycles. The predicted molar refractivity (Wildman–Crippen MR) is 117 cm³/mol. The number of hydrazone groups is 1. The number of hydrogen-bond acceptors (Lipinski definition) is 6. The van der Waals surface area contributed by atoms with Crippen molar-refractivity contribution in [2.24, 2.45) is 11.0 Å². The number of aromatic nitrogens is 2. The Morgan fingerprint density at radius 1 is 1.00 bits per heavy atom. The highest BCUT2D eigenvalue weighted by atomic mass is 16.2. The van der Waals surface area contributed by atoms with E-state index in [1.165, 1.54) is 0 Å². The predicted octanol–water partition coefficient (Wildman–Crippen LogP) is 2.54. The zero-order valence-corrected chi connectivity index (χ0v) is 17.4. The van der Waals surface area contributed by atoms with Crippen molar-refractivity contribution < 1.29 is 9.59 Å². The molecular weight excluding hydrogens is 392 g/mol. The highest BCUT2D eigenvalue weighted by Gasteiger charge is 2.35. The first-order valence-electron chi connectivity index (χ1n) is 11.0. The standard InChI is InChI=1S/C23H26N6O2/c30-21(26-18-6-7-18)19-8-12-24-23(27-19)28-14-10-17(11-15-28)22(31)29-20(9-13-25-29)16-4-2-1-3-5-16/h1-5,8,12-13,17-18,20H,6-7,9-11,14-15H2,(H,26,30)/t20-/m0/s1. The number of rotatable bonds is 5. The van der Waals surface area contributed by atoms with E-state index in [1.807, 2.05) is 36.5 Å². The van der Waals surface area contributed by atoms with Gasteiger partial charge in [-0.3, -0.25) is 9.59 Å². The summed E-state index contributed by atoms with van der Waals surface area (Å²) in [7, 11) is 0. The summed E-state index contributed by atoms with van der Waals surface area (Å²) in [5, 5.41) is 9.00. The maximum atomic E-state index is 13.2. The minimum absolute atomic E-state index is 0.0169. The van der Waals surface area contributed by atoms with Crippen molar-refractivity contribution in [1.82, 2.24) is 20.3 Å². The molecule has 1 aromatic heterocycles. The first-order chi connectivity index (χ1) is 15.2. The van der Waals surface area contributed by atoms with Crippen molar-refractivity contribution in [3.8, 4) is 0 Å². The Morgan fingerprint density at radius 2 is 1.77 bits per heavy atom. The van der Waals surface area contributed by atoms with Crippen molar-refractivity contribution >= 4 is 24.0 Å². The topological polar surface area (TPSA) is 90.8 Å². The van der Waals surface area contributed by atoms with E-state index in [1.54, 1.807) is 17.3 Å². The maximum absolute atomic E-state index is 13.2. The van der Waals surface area contributed by atoms with Gasteiger partial charge >= 0.3 is 0 Å². The van der Waals surface area contributed by atoms with E-state index in [0.717, 1.165) is 24.8 Å². The van der Waals surface area contributed by atoms with Crippen LogP contribution in [0.3, 0.4) is 0 Å². The number of piperidine rings is 1. The van der Waals surface area contributed by atoms with Gasteiger partial charge in [0.25, 0.3) is 5.91 Å². The maximum Gasteiger partial charge on any atom is 0.270 e. The molecule has 3 heterocycles. The molecule has 5 rings (SSSR count). The lowest BCUT2D eigenvalue weighted by Crippen LogP contribution is -2.41. The zero-order valence-electron chi connectivity index (χ0n) is 17.4. The lowest BCUT2D eigenvalue weighted by atomic mass is 9.94. The second-order valence-corrected chi connectivity index (χ2v) is 8.39. The van der Waals surface area contributed by atoms with E-state index in [4.69, 9.17) is 0 Å². The average Bonchev–Trinajstić information content (AvgIpc) is 3.50. The molecule has 1 atom stereocenters. The van der Waals surface area contributed by atoms with E-state index in [0.29, 0.717) is 43.6 Å². The first-order valence-corrected chi connectivity index (χ1v) is 11.0. The van der Waals surface area contributed by atoms with E-state index in [-0.39, 0.29) is 23.8 Å². The van der Waals surface area contributed by atoms with Crippen LogP contribution in [-0.2, 0) is 4.79 Å². The van der Waals surface area contributed by atoms with Crippen LogP contribution in [0.1, 0.15) is 54.2 Å². The van der Waals surface area contributed by atoms with Gasteiger partial charge in [-0.1, -0.05) is 30.3 Å². The van der Waals surface area contributed by atoms with Crippen LogP contribution in [0.15, 0.2) is 47.7 Å². The fourth-order valence-corrected chi connectivity index (χ4v) is 4.21. The number of carbonyl (C=O) groups is 2. The number of anilines is 1. The number of nitrogens with zero attached hydrogens (tertiary/aromatic N) is 5. The molecule has 1 aromatic carbocycles. The summed E-state index contributed by atoms with van der Waals surface area (Å²) in [4.78, 5) is 36.3. The van der Waals surface area contributed by atoms with Crippen LogP contribution in [0.2, 0.25) is 0 Å². The molecule has 0 radical (unpaired) electrons. The van der Waals surface area contributed by atoms with Crippen LogP contribution < -0.4 is 10.2 Å². The van der Waals surface area contributed by atoms with Crippen LogP contribution >= 0.6 is 0 Å². The summed E-state index contributed by atoms with van der Waals surface area (Å²) >= 11 is 0. The van der Waals surface area contributed by atoms with Crippen LogP contribution in [0.25, 0.3) is 0 Å². The molecular formula is C23H26N6O2. The number of amides is 2. The Hall–Kier alpha value is -3.29. The van der Waals surface area contributed by atoms with Crippen molar-refractivity contribution in [3.63, 3.8) is 0 Å². The zero-order chi connectivity index (χ0) is 21.2. The van der Waals surface area contributed by atoms with Crippen molar-refractivity contribution in [1.29, 1.82) is 0 Å². The molecule has 8 heteroatoms. The van der Waals surface area contributed by atoms with Crippen LogP contribution in [-0.4, -0.2) is 52.1 Å². The van der Waals surface area contributed by atoms with Crippen molar-refractivity contribution in [2.45, 2.75) is 44.2 Å². The highest BCUT2D eigenvalue weighted by molar-refractivity contribution is 5.92. The molecule has 1 aliphatic carbocycles. The molecule has 160 valence electrons. The largest absolute Gasteiger partial charge is 0.348 e. The van der Waals surface area contributed by atoms with Crippen molar-refractivity contribution in [2.75, 3.05) is 18.0 Å². The minimum Gasteiger partial charge on any atom is -0.348 e. The monoisotopic (exact) mass is 418 g/mol. The Balaban J connectivity index is 1.21. The molecule has 0 bridgehead atoms. The Kier molecular flexibility index (Phi) is 5.36. The van der Waals surface area contributed by atoms with Gasteiger partial charge in [0.05, 0.1) is 6.04 Å². The quantitative estimate of drug-likeness (QED) is 0.806. The van der Waals surface area contributed by atoms with Gasteiger partial charge in [0.2, 0.25) is 11.9 Å². The lowest BCUT2D eigenvalue weighted by Gasteiger charge is -2.33.